The lowest BCUT2D eigenvalue weighted by Crippen LogP contribution is -2.34. The Morgan fingerprint density at radius 1 is 1.08 bits per heavy atom. The number of carbonyl (C=O) groups excluding carboxylic acids is 2. The van der Waals surface area contributed by atoms with Crippen molar-refractivity contribution in [3.63, 3.8) is 0 Å². The minimum atomic E-state index is -0.254. The number of nitrogens with zero attached hydrogens (tertiary/aromatic N) is 1. The van der Waals surface area contributed by atoms with E-state index in [2.05, 4.69) is 15.6 Å². The van der Waals surface area contributed by atoms with Crippen molar-refractivity contribution < 1.29 is 14.0 Å². The highest BCUT2D eigenvalue weighted by Gasteiger charge is 2.12. The van der Waals surface area contributed by atoms with Crippen LogP contribution in [0, 0.1) is 34.6 Å². The SMILES string of the molecule is Cc1cc(C)c(NC(=O)CNC(=O)CSc2nc(C)c(C)o2)c(C)c1. The van der Waals surface area contributed by atoms with E-state index in [-0.39, 0.29) is 24.1 Å². The Morgan fingerprint density at radius 2 is 1.72 bits per heavy atom. The van der Waals surface area contributed by atoms with Crippen molar-refractivity contribution in [2.24, 2.45) is 0 Å². The van der Waals surface area contributed by atoms with E-state index in [1.54, 1.807) is 0 Å². The highest BCUT2D eigenvalue weighted by Crippen LogP contribution is 2.22. The Morgan fingerprint density at radius 3 is 2.28 bits per heavy atom. The zero-order valence-electron chi connectivity index (χ0n) is 15.1. The quantitative estimate of drug-likeness (QED) is 0.773. The fourth-order valence-corrected chi connectivity index (χ4v) is 3.17. The number of hydrogen-bond acceptors (Lipinski definition) is 5. The van der Waals surface area contributed by atoms with Crippen LogP contribution in [0.1, 0.15) is 28.1 Å². The van der Waals surface area contributed by atoms with Gasteiger partial charge in [0, 0.05) is 5.69 Å². The number of anilines is 1. The maximum absolute atomic E-state index is 12.1. The first-order chi connectivity index (χ1) is 11.8. The van der Waals surface area contributed by atoms with Gasteiger partial charge in [0.25, 0.3) is 5.22 Å². The molecule has 0 spiro atoms. The summed E-state index contributed by atoms with van der Waals surface area (Å²) in [5.41, 5.74) is 4.76. The van der Waals surface area contributed by atoms with E-state index in [9.17, 15) is 9.59 Å². The number of carbonyl (C=O) groups is 2. The number of rotatable bonds is 6. The lowest BCUT2D eigenvalue weighted by Gasteiger charge is -2.13. The van der Waals surface area contributed by atoms with E-state index in [1.165, 1.54) is 11.8 Å². The molecule has 0 saturated heterocycles. The Kier molecular flexibility index (Phi) is 6.25. The molecule has 134 valence electrons. The second kappa shape index (κ2) is 8.20. The van der Waals surface area contributed by atoms with Crippen LogP contribution in [0.3, 0.4) is 0 Å². The van der Waals surface area contributed by atoms with Gasteiger partial charge < -0.3 is 15.1 Å². The van der Waals surface area contributed by atoms with Gasteiger partial charge in [0.1, 0.15) is 5.76 Å². The molecule has 0 bridgehead atoms. The van der Waals surface area contributed by atoms with Gasteiger partial charge >= 0.3 is 0 Å². The molecule has 25 heavy (non-hydrogen) atoms. The predicted octanol–water partition coefficient (Wildman–Crippen LogP) is 3.06. The van der Waals surface area contributed by atoms with Gasteiger partial charge in [-0.3, -0.25) is 9.59 Å². The molecule has 0 unspecified atom stereocenters. The van der Waals surface area contributed by atoms with Crippen molar-refractivity contribution in [2.75, 3.05) is 17.6 Å². The molecule has 1 aromatic carbocycles. The number of nitrogens with one attached hydrogen (secondary N) is 2. The van der Waals surface area contributed by atoms with E-state index in [4.69, 9.17) is 4.42 Å². The first-order valence-electron chi connectivity index (χ1n) is 7.97. The molecule has 6 nitrogen and oxygen atoms in total. The third-order valence-electron chi connectivity index (χ3n) is 3.72. The van der Waals surface area contributed by atoms with Gasteiger partial charge in [0.15, 0.2) is 0 Å². The second-order valence-electron chi connectivity index (χ2n) is 6.01. The summed E-state index contributed by atoms with van der Waals surface area (Å²) in [6.45, 7) is 9.51. The largest absolute Gasteiger partial charge is 0.437 e. The number of aromatic nitrogens is 1. The molecule has 0 atom stereocenters. The van der Waals surface area contributed by atoms with Crippen LogP contribution in [-0.2, 0) is 9.59 Å². The predicted molar refractivity (Wildman–Crippen MR) is 99.0 cm³/mol. The zero-order chi connectivity index (χ0) is 18.6. The molecular weight excluding hydrogens is 338 g/mol. The van der Waals surface area contributed by atoms with Gasteiger partial charge in [-0.1, -0.05) is 29.5 Å². The lowest BCUT2D eigenvalue weighted by atomic mass is 10.1. The molecule has 2 aromatic rings. The Labute approximate surface area is 151 Å². The van der Waals surface area contributed by atoms with Crippen molar-refractivity contribution >= 4 is 29.3 Å². The number of aryl methyl sites for hydroxylation is 5. The van der Waals surface area contributed by atoms with Crippen LogP contribution in [0.25, 0.3) is 0 Å². The Hall–Kier alpha value is -2.28. The van der Waals surface area contributed by atoms with E-state index in [0.29, 0.717) is 5.22 Å². The summed E-state index contributed by atoms with van der Waals surface area (Å²) in [5.74, 6) is 0.392. The van der Waals surface area contributed by atoms with E-state index in [0.717, 1.165) is 33.8 Å². The number of thioether (sulfide) groups is 1. The van der Waals surface area contributed by atoms with E-state index >= 15 is 0 Å². The van der Waals surface area contributed by atoms with Gasteiger partial charge in [0.2, 0.25) is 11.8 Å². The van der Waals surface area contributed by atoms with Crippen LogP contribution < -0.4 is 10.6 Å². The maximum Gasteiger partial charge on any atom is 0.256 e. The first-order valence-corrected chi connectivity index (χ1v) is 8.96. The molecule has 7 heteroatoms. The number of amides is 2. The fraction of sp³-hybridized carbons (Fsp3) is 0.389. The van der Waals surface area contributed by atoms with E-state index in [1.807, 2.05) is 46.8 Å². The average Bonchev–Trinajstić information content (AvgIpc) is 2.85. The van der Waals surface area contributed by atoms with Crippen molar-refractivity contribution in [2.45, 2.75) is 39.8 Å². The number of benzene rings is 1. The van der Waals surface area contributed by atoms with Crippen molar-refractivity contribution in [1.82, 2.24) is 10.3 Å². The molecular formula is C18H23N3O3S. The number of oxazole rings is 1. The van der Waals surface area contributed by atoms with Crippen LogP contribution >= 0.6 is 11.8 Å². The molecule has 2 rings (SSSR count). The molecule has 0 aliphatic rings. The van der Waals surface area contributed by atoms with Gasteiger partial charge in [-0.25, -0.2) is 4.98 Å². The molecule has 1 aromatic heterocycles. The minimum absolute atomic E-state index is 0.0736. The molecule has 2 amide bonds. The zero-order valence-corrected chi connectivity index (χ0v) is 16.0. The van der Waals surface area contributed by atoms with Gasteiger partial charge in [-0.15, -0.1) is 0 Å². The third kappa shape index (κ3) is 5.35. The topological polar surface area (TPSA) is 84.2 Å². The summed E-state index contributed by atoms with van der Waals surface area (Å²) in [4.78, 5) is 28.1. The molecule has 2 N–H and O–H groups in total. The summed E-state index contributed by atoms with van der Waals surface area (Å²) in [5, 5.41) is 5.92. The maximum atomic E-state index is 12.1. The van der Waals surface area contributed by atoms with Crippen molar-refractivity contribution in [1.29, 1.82) is 0 Å². The number of hydrogen-bond donors (Lipinski definition) is 2. The summed E-state index contributed by atoms with van der Waals surface area (Å²) in [7, 11) is 0. The smallest absolute Gasteiger partial charge is 0.256 e. The van der Waals surface area contributed by atoms with Crippen LogP contribution in [0.15, 0.2) is 21.8 Å². The standard InChI is InChI=1S/C18H23N3O3S/c1-10-6-11(2)17(12(3)7-10)21-15(22)8-19-16(23)9-25-18-20-13(4)14(5)24-18/h6-7H,8-9H2,1-5H3,(H,19,23)(H,21,22). The normalized spacial score (nSPS) is 10.6. The van der Waals surface area contributed by atoms with Crippen molar-refractivity contribution in [3.05, 3.63) is 40.3 Å². The second-order valence-corrected chi connectivity index (χ2v) is 6.94. The molecule has 0 radical (unpaired) electrons. The van der Waals surface area contributed by atoms with Gasteiger partial charge in [-0.05, 0) is 45.7 Å². The first kappa shape index (κ1) is 19.1. The Bertz CT molecular complexity index is 756. The molecule has 0 fully saturated rings. The molecule has 0 saturated carbocycles. The monoisotopic (exact) mass is 361 g/mol. The molecule has 0 aliphatic heterocycles. The highest BCUT2D eigenvalue weighted by molar-refractivity contribution is 7.99. The van der Waals surface area contributed by atoms with Crippen LogP contribution in [0.5, 0.6) is 0 Å². The lowest BCUT2D eigenvalue weighted by molar-refractivity contribution is -0.122. The van der Waals surface area contributed by atoms with Gasteiger partial charge in [-0.2, -0.15) is 0 Å². The molecule has 0 aliphatic carbocycles. The van der Waals surface area contributed by atoms with Gasteiger partial charge in [0.05, 0.1) is 18.0 Å². The third-order valence-corrected chi connectivity index (χ3v) is 4.55. The Balaban J connectivity index is 1.80. The van der Waals surface area contributed by atoms with Crippen molar-refractivity contribution in [3.8, 4) is 0 Å². The summed E-state index contributed by atoms with van der Waals surface area (Å²) in [6, 6.07) is 4.02. The highest BCUT2D eigenvalue weighted by atomic mass is 32.2. The minimum Gasteiger partial charge on any atom is -0.437 e. The average molecular weight is 361 g/mol. The summed E-state index contributed by atoms with van der Waals surface area (Å²) in [6.07, 6.45) is 0. The summed E-state index contributed by atoms with van der Waals surface area (Å²) < 4.78 is 5.40. The fourth-order valence-electron chi connectivity index (χ4n) is 2.42. The van der Waals surface area contributed by atoms with Crippen LogP contribution in [0.4, 0.5) is 5.69 Å². The van der Waals surface area contributed by atoms with Crippen LogP contribution in [-0.4, -0.2) is 29.1 Å². The van der Waals surface area contributed by atoms with Crippen LogP contribution in [0.2, 0.25) is 0 Å². The van der Waals surface area contributed by atoms with E-state index < -0.39 is 0 Å². The molecule has 1 heterocycles. The summed E-state index contributed by atoms with van der Waals surface area (Å²) >= 11 is 1.20.